The highest BCUT2D eigenvalue weighted by Gasteiger charge is 2.54. The molecule has 0 atom stereocenters. The van der Waals surface area contributed by atoms with E-state index in [1.54, 1.807) is 0 Å². The van der Waals surface area contributed by atoms with Crippen molar-refractivity contribution >= 4 is 60.6 Å². The van der Waals surface area contributed by atoms with Gasteiger partial charge in [0.25, 0.3) is 0 Å². The third-order valence-corrected chi connectivity index (χ3v) is 5.92. The van der Waals surface area contributed by atoms with Gasteiger partial charge in [0, 0.05) is 39.3 Å². The molecule has 0 unspecified atom stereocenters. The topological polar surface area (TPSA) is 17.2 Å². The van der Waals surface area contributed by atoms with Gasteiger partial charge in [-0.15, -0.1) is 13.2 Å². The van der Waals surface area contributed by atoms with Gasteiger partial charge in [-0.05, 0) is 46.3 Å². The number of hydrogen-bond acceptors (Lipinski definition) is 1. The Kier molecular flexibility index (Phi) is 4.55. The number of rotatable bonds is 2. The SMILES string of the molecule is F[B-]1(F)n2c(Br)ccc2C(c2ccc(OC(F)(F)F)cc2Cl)=C2C=CC(Br)=[N+]21. The van der Waals surface area contributed by atoms with Crippen LogP contribution in [0.15, 0.2) is 52.8 Å². The minimum atomic E-state index is -4.87. The Labute approximate surface area is 177 Å². The molecule has 3 heterocycles. The molecule has 0 saturated heterocycles. The van der Waals surface area contributed by atoms with E-state index in [9.17, 15) is 13.2 Å². The first-order chi connectivity index (χ1) is 13.0. The summed E-state index contributed by atoms with van der Waals surface area (Å²) in [5.74, 6) is -0.500. The van der Waals surface area contributed by atoms with Crippen LogP contribution in [0.5, 0.6) is 5.75 Å². The molecule has 28 heavy (non-hydrogen) atoms. The molecule has 3 nitrogen and oxygen atoms in total. The maximum absolute atomic E-state index is 15.2. The minimum Gasteiger partial charge on any atom is -0.406 e. The summed E-state index contributed by atoms with van der Waals surface area (Å²) in [5.41, 5.74) is 1.01. The van der Waals surface area contributed by atoms with E-state index >= 15 is 8.63 Å². The van der Waals surface area contributed by atoms with Gasteiger partial charge in [0.1, 0.15) is 5.75 Å². The Morgan fingerprint density at radius 3 is 2.43 bits per heavy atom. The molecule has 0 N–H and O–H groups in total. The van der Waals surface area contributed by atoms with Gasteiger partial charge < -0.3 is 22.3 Å². The zero-order valence-corrected chi connectivity index (χ0v) is 17.4. The molecule has 1 aromatic heterocycles. The van der Waals surface area contributed by atoms with Crippen LogP contribution in [0, 0.1) is 0 Å². The number of benzene rings is 1. The lowest BCUT2D eigenvalue weighted by Crippen LogP contribution is -2.50. The molecule has 0 bridgehead atoms. The average molecular weight is 544 g/mol. The van der Waals surface area contributed by atoms with Crippen molar-refractivity contribution in [1.29, 1.82) is 0 Å². The Morgan fingerprint density at radius 2 is 1.79 bits per heavy atom. The predicted octanol–water partition coefficient (Wildman–Crippen LogP) is 6.17. The van der Waals surface area contributed by atoms with Crippen LogP contribution in [-0.4, -0.2) is 26.9 Å². The second kappa shape index (κ2) is 6.46. The van der Waals surface area contributed by atoms with Crippen LogP contribution in [0.3, 0.4) is 0 Å². The maximum Gasteiger partial charge on any atom is 0.738 e. The maximum atomic E-state index is 15.2. The highest BCUT2D eigenvalue weighted by atomic mass is 79.9. The van der Waals surface area contributed by atoms with Gasteiger partial charge in [-0.1, -0.05) is 11.6 Å². The molecule has 1 aromatic carbocycles. The first-order valence-electron chi connectivity index (χ1n) is 7.70. The van der Waals surface area contributed by atoms with E-state index in [0.29, 0.717) is 11.1 Å². The van der Waals surface area contributed by atoms with Crippen LogP contribution in [-0.2, 0) is 0 Å². The molecule has 0 aliphatic carbocycles. The van der Waals surface area contributed by atoms with Gasteiger partial charge in [-0.3, -0.25) is 0 Å². The summed E-state index contributed by atoms with van der Waals surface area (Å²) in [4.78, 5) is 0. The third kappa shape index (κ3) is 3.03. The van der Waals surface area contributed by atoms with E-state index in [-0.39, 0.29) is 25.6 Å². The van der Waals surface area contributed by atoms with Gasteiger partial charge >= 0.3 is 13.3 Å². The average Bonchev–Trinajstić information content (AvgIpc) is 3.13. The first kappa shape index (κ1) is 19.7. The molecular weight excluding hydrogens is 537 g/mol. The minimum absolute atomic E-state index is 0.0674. The molecular formula is C16H7BBr2ClF5N2O. The summed E-state index contributed by atoms with van der Waals surface area (Å²) in [5, 5.41) is -0.0674. The van der Waals surface area contributed by atoms with Crippen LogP contribution >= 0.6 is 43.5 Å². The zero-order chi connectivity index (χ0) is 20.4. The Bertz CT molecular complexity index is 1110. The Balaban J connectivity index is 1.95. The van der Waals surface area contributed by atoms with Crippen molar-refractivity contribution in [2.24, 2.45) is 0 Å². The summed E-state index contributed by atoms with van der Waals surface area (Å²) >= 11 is 12.5. The predicted molar refractivity (Wildman–Crippen MR) is 103 cm³/mol. The highest BCUT2D eigenvalue weighted by molar-refractivity contribution is 9.18. The van der Waals surface area contributed by atoms with Crippen molar-refractivity contribution in [3.05, 3.63) is 69.1 Å². The van der Waals surface area contributed by atoms with Gasteiger partial charge in [-0.2, -0.15) is 0 Å². The number of halogens is 8. The van der Waals surface area contributed by atoms with Crippen molar-refractivity contribution in [2.45, 2.75) is 6.36 Å². The molecule has 12 heteroatoms. The summed E-state index contributed by atoms with van der Waals surface area (Å²) in [7, 11) is 0. The number of ether oxygens (including phenoxy) is 1. The van der Waals surface area contributed by atoms with Crippen molar-refractivity contribution in [3.8, 4) is 5.75 Å². The van der Waals surface area contributed by atoms with Crippen LogP contribution in [0.4, 0.5) is 21.8 Å². The van der Waals surface area contributed by atoms with Gasteiger partial charge in [-0.25, -0.2) is 0 Å². The van der Waals surface area contributed by atoms with Crippen molar-refractivity contribution < 1.29 is 31.0 Å². The molecule has 0 amide bonds. The number of allylic oxidation sites excluding steroid dienone is 2. The monoisotopic (exact) mass is 542 g/mol. The van der Waals surface area contributed by atoms with E-state index in [0.717, 1.165) is 21.1 Å². The summed E-state index contributed by atoms with van der Waals surface area (Å²) < 4.78 is 73.5. The quantitative estimate of drug-likeness (QED) is 0.327. The van der Waals surface area contributed by atoms with Crippen LogP contribution < -0.4 is 4.74 Å². The van der Waals surface area contributed by atoms with E-state index < -0.39 is 19.1 Å². The fourth-order valence-electron chi connectivity index (χ4n) is 3.30. The fraction of sp³-hybridized carbons (Fsp3) is 0.0625. The second-order valence-electron chi connectivity index (χ2n) is 5.98. The molecule has 0 spiro atoms. The summed E-state index contributed by atoms with van der Waals surface area (Å²) in [6, 6.07) is 6.37. The van der Waals surface area contributed by atoms with E-state index in [1.807, 2.05) is 0 Å². The van der Waals surface area contributed by atoms with E-state index in [2.05, 4.69) is 36.6 Å². The number of aromatic nitrogens is 1. The van der Waals surface area contributed by atoms with Gasteiger partial charge in [0.2, 0.25) is 4.62 Å². The molecule has 4 rings (SSSR count). The molecule has 0 fully saturated rings. The molecule has 146 valence electrons. The smallest absolute Gasteiger partial charge is 0.406 e. The van der Waals surface area contributed by atoms with Crippen LogP contribution in [0.1, 0.15) is 11.3 Å². The lowest BCUT2D eigenvalue weighted by Gasteiger charge is -2.32. The number of fused-ring (bicyclic) bond motifs is 2. The summed E-state index contributed by atoms with van der Waals surface area (Å²) in [6.45, 7) is -4.20. The number of nitrogens with zero attached hydrogens (tertiary/aromatic N) is 2. The van der Waals surface area contributed by atoms with E-state index in [4.69, 9.17) is 11.6 Å². The lowest BCUT2D eigenvalue weighted by molar-refractivity contribution is -0.358. The zero-order valence-electron chi connectivity index (χ0n) is 13.4. The molecule has 2 aromatic rings. The fourth-order valence-corrected chi connectivity index (χ4v) is 4.71. The first-order valence-corrected chi connectivity index (χ1v) is 9.66. The number of hydrogen-bond donors (Lipinski definition) is 0. The van der Waals surface area contributed by atoms with Crippen molar-refractivity contribution in [1.82, 2.24) is 4.48 Å². The standard InChI is InChI=1S/C16H7BBr2ClF5N2O/c18-13-5-3-11-15(9-2-1-8(7-10(9)20)28-16(21,22)23)12-4-6-14(19)27(12)17(24,25)26(11)13/h1-7H. The Morgan fingerprint density at radius 1 is 1.07 bits per heavy atom. The molecule has 2 aliphatic heterocycles. The van der Waals surface area contributed by atoms with Crippen LogP contribution in [0.25, 0.3) is 5.57 Å². The summed E-state index contributed by atoms with van der Waals surface area (Å²) in [6.07, 6.45) is -1.90. The third-order valence-electron chi connectivity index (χ3n) is 4.31. The normalized spacial score (nSPS) is 17.9. The van der Waals surface area contributed by atoms with Crippen molar-refractivity contribution in [2.75, 3.05) is 0 Å². The lowest BCUT2D eigenvalue weighted by atomic mass is 9.86. The molecule has 0 radical (unpaired) electrons. The second-order valence-corrected chi connectivity index (χ2v) is 8.01. The highest BCUT2D eigenvalue weighted by Crippen LogP contribution is 2.44. The largest absolute Gasteiger partial charge is 0.738 e. The van der Waals surface area contributed by atoms with Crippen LogP contribution in [0.2, 0.25) is 5.02 Å². The van der Waals surface area contributed by atoms with E-state index in [1.165, 1.54) is 30.4 Å². The molecule has 0 saturated carbocycles. The molecule has 2 aliphatic rings. The number of alkyl halides is 3. The van der Waals surface area contributed by atoms with Crippen molar-refractivity contribution in [3.63, 3.8) is 0 Å². The van der Waals surface area contributed by atoms with Gasteiger partial charge in [0.05, 0.1) is 15.2 Å². The van der Waals surface area contributed by atoms with Gasteiger partial charge in [0.15, 0.2) is 5.70 Å². The Hall–Kier alpha value is -1.59.